The van der Waals surface area contributed by atoms with E-state index in [-0.39, 0.29) is 11.6 Å². The van der Waals surface area contributed by atoms with Gasteiger partial charge in [0.1, 0.15) is 16.5 Å². The van der Waals surface area contributed by atoms with Crippen LogP contribution in [-0.4, -0.2) is 14.3 Å². The fourth-order valence-electron chi connectivity index (χ4n) is 1.76. The predicted molar refractivity (Wildman–Crippen MR) is 77.9 cm³/mol. The SMILES string of the molecule is CC(=O)Nc1cccc(NS(=O)(=O)c2cc(F)ccc2F)c1. The number of amides is 1. The number of nitrogens with one attached hydrogen (secondary N) is 2. The van der Waals surface area contributed by atoms with E-state index in [2.05, 4.69) is 10.0 Å². The number of sulfonamides is 1. The van der Waals surface area contributed by atoms with Gasteiger partial charge >= 0.3 is 0 Å². The zero-order valence-electron chi connectivity index (χ0n) is 11.4. The Hall–Kier alpha value is -2.48. The standard InChI is InChI=1S/C14H12F2N2O3S/c1-9(19)17-11-3-2-4-12(8-11)18-22(20,21)14-7-10(15)5-6-13(14)16/h2-8,18H,1H3,(H,17,19). The fourth-order valence-corrected chi connectivity index (χ4v) is 2.90. The Morgan fingerprint density at radius 2 is 1.73 bits per heavy atom. The molecule has 0 heterocycles. The van der Waals surface area contributed by atoms with Gasteiger partial charge in [-0.1, -0.05) is 6.07 Å². The summed E-state index contributed by atoms with van der Waals surface area (Å²) < 4.78 is 53.0. The Labute approximate surface area is 126 Å². The second-order valence-corrected chi connectivity index (χ2v) is 6.09. The van der Waals surface area contributed by atoms with E-state index in [4.69, 9.17) is 0 Å². The molecule has 0 radical (unpaired) electrons. The molecule has 2 aromatic carbocycles. The van der Waals surface area contributed by atoms with Crippen LogP contribution >= 0.6 is 0 Å². The van der Waals surface area contributed by atoms with Crippen molar-refractivity contribution in [3.05, 3.63) is 54.1 Å². The summed E-state index contributed by atoms with van der Waals surface area (Å²) >= 11 is 0. The van der Waals surface area contributed by atoms with E-state index < -0.39 is 26.6 Å². The zero-order valence-corrected chi connectivity index (χ0v) is 12.2. The normalized spacial score (nSPS) is 11.0. The molecule has 0 aliphatic heterocycles. The van der Waals surface area contributed by atoms with Gasteiger partial charge in [0.25, 0.3) is 10.0 Å². The molecule has 8 heteroatoms. The van der Waals surface area contributed by atoms with Gasteiger partial charge in [0.2, 0.25) is 5.91 Å². The van der Waals surface area contributed by atoms with E-state index in [1.165, 1.54) is 25.1 Å². The summed E-state index contributed by atoms with van der Waals surface area (Å²) in [5.41, 5.74) is 0.474. The molecular formula is C14H12F2N2O3S. The lowest BCUT2D eigenvalue weighted by molar-refractivity contribution is -0.114. The first-order valence-electron chi connectivity index (χ1n) is 6.13. The maximum absolute atomic E-state index is 13.6. The maximum Gasteiger partial charge on any atom is 0.264 e. The second kappa shape index (κ2) is 6.10. The topological polar surface area (TPSA) is 75.3 Å². The first-order chi connectivity index (χ1) is 10.3. The first-order valence-corrected chi connectivity index (χ1v) is 7.62. The third kappa shape index (κ3) is 3.79. The van der Waals surface area contributed by atoms with Crippen molar-refractivity contribution in [3.63, 3.8) is 0 Å². The highest BCUT2D eigenvalue weighted by Gasteiger charge is 2.20. The average Bonchev–Trinajstić information content (AvgIpc) is 2.40. The monoisotopic (exact) mass is 326 g/mol. The molecule has 2 aromatic rings. The van der Waals surface area contributed by atoms with Crippen molar-refractivity contribution in [3.8, 4) is 0 Å². The van der Waals surface area contributed by atoms with Crippen molar-refractivity contribution >= 4 is 27.3 Å². The molecule has 5 nitrogen and oxygen atoms in total. The number of halogens is 2. The van der Waals surface area contributed by atoms with Gasteiger partial charge in [0, 0.05) is 12.6 Å². The number of carbonyl (C=O) groups excluding carboxylic acids is 1. The van der Waals surface area contributed by atoms with E-state index in [9.17, 15) is 22.0 Å². The Bertz CT molecular complexity index is 823. The van der Waals surface area contributed by atoms with Gasteiger partial charge in [-0.15, -0.1) is 0 Å². The highest BCUT2D eigenvalue weighted by atomic mass is 32.2. The molecule has 0 unspecified atom stereocenters. The number of benzene rings is 2. The van der Waals surface area contributed by atoms with E-state index in [1.54, 1.807) is 6.07 Å². The summed E-state index contributed by atoms with van der Waals surface area (Å²) in [4.78, 5) is 10.2. The van der Waals surface area contributed by atoms with E-state index in [0.29, 0.717) is 11.8 Å². The molecule has 0 fully saturated rings. The summed E-state index contributed by atoms with van der Waals surface area (Å²) in [6, 6.07) is 7.99. The minimum Gasteiger partial charge on any atom is -0.326 e. The van der Waals surface area contributed by atoms with Crippen molar-refractivity contribution in [2.75, 3.05) is 10.0 Å². The molecule has 1 amide bonds. The lowest BCUT2D eigenvalue weighted by Crippen LogP contribution is -2.15. The van der Waals surface area contributed by atoms with Gasteiger partial charge in [-0.25, -0.2) is 17.2 Å². The molecule has 0 atom stereocenters. The molecule has 0 saturated carbocycles. The van der Waals surface area contributed by atoms with Crippen molar-refractivity contribution in [1.29, 1.82) is 0 Å². The van der Waals surface area contributed by atoms with Gasteiger partial charge in [0.05, 0.1) is 5.69 Å². The summed E-state index contributed by atoms with van der Waals surface area (Å²) in [6.45, 7) is 1.30. The number of carbonyl (C=O) groups is 1. The van der Waals surface area contributed by atoms with Crippen molar-refractivity contribution in [2.24, 2.45) is 0 Å². The fraction of sp³-hybridized carbons (Fsp3) is 0.0714. The molecule has 0 aliphatic rings. The van der Waals surface area contributed by atoms with E-state index in [1.807, 2.05) is 0 Å². The molecular weight excluding hydrogens is 314 g/mol. The average molecular weight is 326 g/mol. The molecule has 0 saturated heterocycles. The van der Waals surface area contributed by atoms with E-state index >= 15 is 0 Å². The summed E-state index contributed by atoms with van der Waals surface area (Å²) in [7, 11) is -4.29. The van der Waals surface area contributed by atoms with E-state index in [0.717, 1.165) is 12.1 Å². The van der Waals surface area contributed by atoms with Gasteiger partial charge < -0.3 is 5.32 Å². The third-order valence-electron chi connectivity index (χ3n) is 2.62. The first kappa shape index (κ1) is 15.9. The van der Waals surface area contributed by atoms with Crippen LogP contribution < -0.4 is 10.0 Å². The van der Waals surface area contributed by atoms with Crippen molar-refractivity contribution in [2.45, 2.75) is 11.8 Å². The number of anilines is 2. The number of hydrogen-bond donors (Lipinski definition) is 2. The van der Waals surface area contributed by atoms with Crippen LogP contribution in [0.1, 0.15) is 6.92 Å². The second-order valence-electron chi connectivity index (χ2n) is 4.44. The van der Waals surface area contributed by atoms with Crippen LogP contribution in [0.25, 0.3) is 0 Å². The summed E-state index contributed by atoms with van der Waals surface area (Å²) in [5.74, 6) is -2.25. The molecule has 0 aliphatic carbocycles. The number of rotatable bonds is 4. The minimum absolute atomic E-state index is 0.106. The number of hydrogen-bond acceptors (Lipinski definition) is 3. The Balaban J connectivity index is 2.33. The maximum atomic E-state index is 13.6. The molecule has 2 rings (SSSR count). The summed E-state index contributed by atoms with van der Waals surface area (Å²) in [5, 5.41) is 2.48. The van der Waals surface area contributed by atoms with Crippen LogP contribution in [0.3, 0.4) is 0 Å². The smallest absolute Gasteiger partial charge is 0.264 e. The van der Waals surface area contributed by atoms with Crippen LogP contribution in [-0.2, 0) is 14.8 Å². The highest BCUT2D eigenvalue weighted by Crippen LogP contribution is 2.22. The van der Waals surface area contributed by atoms with Crippen LogP contribution in [0.5, 0.6) is 0 Å². The quantitative estimate of drug-likeness (QED) is 0.907. The van der Waals surface area contributed by atoms with Gasteiger partial charge in [0.15, 0.2) is 0 Å². The Morgan fingerprint density at radius 1 is 1.05 bits per heavy atom. The molecule has 22 heavy (non-hydrogen) atoms. The highest BCUT2D eigenvalue weighted by molar-refractivity contribution is 7.92. The molecule has 0 bridgehead atoms. The van der Waals surface area contributed by atoms with Gasteiger partial charge in [-0.3, -0.25) is 9.52 Å². The molecule has 0 spiro atoms. The lowest BCUT2D eigenvalue weighted by atomic mass is 10.3. The van der Waals surface area contributed by atoms with Gasteiger partial charge in [-0.2, -0.15) is 0 Å². The minimum atomic E-state index is -4.29. The van der Waals surface area contributed by atoms with Crippen LogP contribution in [0, 0.1) is 11.6 Å². The molecule has 0 aromatic heterocycles. The molecule has 2 N–H and O–H groups in total. The third-order valence-corrected chi connectivity index (χ3v) is 4.01. The zero-order chi connectivity index (χ0) is 16.3. The lowest BCUT2D eigenvalue weighted by Gasteiger charge is -2.10. The summed E-state index contributed by atoms with van der Waals surface area (Å²) in [6.07, 6.45) is 0. The van der Waals surface area contributed by atoms with Gasteiger partial charge in [-0.05, 0) is 36.4 Å². The van der Waals surface area contributed by atoms with Crippen LogP contribution in [0.15, 0.2) is 47.4 Å². The predicted octanol–water partition coefficient (Wildman–Crippen LogP) is 2.72. The Kier molecular flexibility index (Phi) is 4.41. The van der Waals surface area contributed by atoms with Crippen molar-refractivity contribution in [1.82, 2.24) is 0 Å². The largest absolute Gasteiger partial charge is 0.326 e. The van der Waals surface area contributed by atoms with Crippen molar-refractivity contribution < 1.29 is 22.0 Å². The van der Waals surface area contributed by atoms with Crippen LogP contribution in [0.2, 0.25) is 0 Å². The molecule has 116 valence electrons. The Morgan fingerprint density at radius 3 is 2.41 bits per heavy atom. The van der Waals surface area contributed by atoms with Crippen LogP contribution in [0.4, 0.5) is 20.2 Å².